The van der Waals surface area contributed by atoms with Crippen LogP contribution in [0.3, 0.4) is 0 Å². The van der Waals surface area contributed by atoms with Gasteiger partial charge in [0.15, 0.2) is 10.6 Å². The van der Waals surface area contributed by atoms with Crippen molar-refractivity contribution in [1.29, 1.82) is 0 Å². The smallest absolute Gasteiger partial charge is 0.195 e. The Balaban J connectivity index is 1.83. The molecule has 2 aromatic heterocycles. The first kappa shape index (κ1) is 10.9. The van der Waals surface area contributed by atoms with Gasteiger partial charge >= 0.3 is 0 Å². The van der Waals surface area contributed by atoms with Gasteiger partial charge in [-0.2, -0.15) is 5.10 Å². The maximum absolute atomic E-state index is 5.35. The van der Waals surface area contributed by atoms with Crippen LogP contribution >= 0.6 is 23.6 Å². The lowest BCUT2D eigenvalue weighted by molar-refractivity contribution is 0.697. The topological polar surface area (TPSA) is 33.6 Å². The van der Waals surface area contributed by atoms with E-state index in [-0.39, 0.29) is 0 Å². The summed E-state index contributed by atoms with van der Waals surface area (Å²) in [4.78, 5) is 2.86. The van der Waals surface area contributed by atoms with Crippen molar-refractivity contribution < 1.29 is 0 Å². The van der Waals surface area contributed by atoms with Crippen LogP contribution in [0.25, 0.3) is 10.7 Å². The largest absolute Gasteiger partial charge is 0.296 e. The van der Waals surface area contributed by atoms with E-state index in [4.69, 9.17) is 12.2 Å². The van der Waals surface area contributed by atoms with Crippen LogP contribution in [0.4, 0.5) is 0 Å². The molecule has 0 bridgehead atoms. The molecule has 4 rings (SSSR count). The van der Waals surface area contributed by atoms with Crippen molar-refractivity contribution in [2.45, 2.75) is 44.6 Å². The highest BCUT2D eigenvalue weighted by atomic mass is 32.1. The Hall–Kier alpha value is -0.940. The Labute approximate surface area is 115 Å². The highest BCUT2D eigenvalue weighted by Gasteiger charge is 2.28. The van der Waals surface area contributed by atoms with Crippen LogP contribution in [-0.4, -0.2) is 14.8 Å². The summed E-state index contributed by atoms with van der Waals surface area (Å²) >= 11 is 7.26. The number of hydrogen-bond acceptors (Lipinski definition) is 3. The molecular formula is C13H15N3S2. The van der Waals surface area contributed by atoms with Gasteiger partial charge in [-0.25, -0.2) is 0 Å². The molecule has 0 aliphatic heterocycles. The Morgan fingerprint density at radius 3 is 2.94 bits per heavy atom. The van der Waals surface area contributed by atoms with Crippen LogP contribution in [-0.2, 0) is 12.8 Å². The van der Waals surface area contributed by atoms with E-state index in [2.05, 4.69) is 20.8 Å². The van der Waals surface area contributed by atoms with Crippen molar-refractivity contribution in [3.8, 4) is 10.7 Å². The van der Waals surface area contributed by atoms with Crippen molar-refractivity contribution in [3.05, 3.63) is 21.3 Å². The van der Waals surface area contributed by atoms with E-state index in [1.165, 1.54) is 49.0 Å². The average molecular weight is 277 g/mol. The molecule has 0 amide bonds. The molecule has 18 heavy (non-hydrogen) atoms. The van der Waals surface area contributed by atoms with E-state index in [1.54, 1.807) is 4.88 Å². The maximum Gasteiger partial charge on any atom is 0.195 e. The normalized spacial score (nSPS) is 18.9. The number of rotatable bonds is 2. The summed E-state index contributed by atoms with van der Waals surface area (Å²) in [6.07, 6.45) is 7.63. The highest BCUT2D eigenvalue weighted by Crippen LogP contribution is 2.41. The Morgan fingerprint density at radius 1 is 1.33 bits per heavy atom. The van der Waals surface area contributed by atoms with Crippen molar-refractivity contribution in [3.63, 3.8) is 0 Å². The van der Waals surface area contributed by atoms with Crippen molar-refractivity contribution in [2.75, 3.05) is 0 Å². The van der Waals surface area contributed by atoms with Crippen LogP contribution in [0.1, 0.15) is 42.2 Å². The predicted octanol–water partition coefficient (Wildman–Crippen LogP) is 3.88. The maximum atomic E-state index is 5.35. The van der Waals surface area contributed by atoms with Gasteiger partial charge in [0.25, 0.3) is 0 Å². The molecule has 1 saturated carbocycles. The zero-order valence-corrected chi connectivity index (χ0v) is 11.7. The van der Waals surface area contributed by atoms with Crippen molar-refractivity contribution in [2.24, 2.45) is 0 Å². The molecule has 94 valence electrons. The van der Waals surface area contributed by atoms with Gasteiger partial charge in [0, 0.05) is 10.9 Å². The van der Waals surface area contributed by atoms with Crippen molar-refractivity contribution >= 4 is 23.6 Å². The van der Waals surface area contributed by atoms with E-state index >= 15 is 0 Å². The molecule has 2 aromatic rings. The van der Waals surface area contributed by atoms with Crippen LogP contribution in [0, 0.1) is 4.77 Å². The minimum atomic E-state index is 0.588. The lowest BCUT2D eigenvalue weighted by Crippen LogP contribution is -1.97. The molecule has 0 saturated heterocycles. The molecule has 1 N–H and O–H groups in total. The Bertz CT molecular complexity index is 622. The summed E-state index contributed by atoms with van der Waals surface area (Å²) in [7, 11) is 0. The van der Waals surface area contributed by atoms with E-state index < -0.39 is 0 Å². The van der Waals surface area contributed by atoms with Gasteiger partial charge in [-0.1, -0.05) is 0 Å². The first-order valence-corrected chi connectivity index (χ1v) is 7.84. The summed E-state index contributed by atoms with van der Waals surface area (Å²) in [6, 6.07) is 2.92. The van der Waals surface area contributed by atoms with E-state index in [1.807, 2.05) is 11.3 Å². The molecule has 2 heterocycles. The summed E-state index contributed by atoms with van der Waals surface area (Å²) < 4.78 is 2.99. The number of H-pyrrole nitrogens is 1. The third kappa shape index (κ3) is 1.68. The van der Waals surface area contributed by atoms with E-state index in [0.29, 0.717) is 6.04 Å². The lowest BCUT2D eigenvalue weighted by Gasteiger charge is -2.08. The third-order valence-electron chi connectivity index (χ3n) is 3.83. The molecule has 5 heteroatoms. The van der Waals surface area contributed by atoms with Crippen LogP contribution in [0.15, 0.2) is 6.07 Å². The quantitative estimate of drug-likeness (QED) is 0.845. The first-order chi connectivity index (χ1) is 8.83. The molecule has 0 aromatic carbocycles. The van der Waals surface area contributed by atoms with Crippen LogP contribution in [0.5, 0.6) is 0 Å². The minimum Gasteiger partial charge on any atom is -0.296 e. The van der Waals surface area contributed by atoms with Gasteiger partial charge in [-0.15, -0.1) is 11.3 Å². The SMILES string of the molecule is S=c1[nH]nc(-c2cc3c(s2)CCCC3)n1C1CC1. The van der Waals surface area contributed by atoms with Gasteiger partial charge in [0.05, 0.1) is 4.88 Å². The number of nitrogens with zero attached hydrogens (tertiary/aromatic N) is 2. The lowest BCUT2D eigenvalue weighted by atomic mass is 9.99. The molecule has 0 radical (unpaired) electrons. The van der Waals surface area contributed by atoms with Crippen molar-refractivity contribution in [1.82, 2.24) is 14.8 Å². The number of nitrogens with one attached hydrogen (secondary N) is 1. The van der Waals surface area contributed by atoms with Gasteiger partial charge in [0.2, 0.25) is 0 Å². The molecule has 1 fully saturated rings. The summed E-state index contributed by atoms with van der Waals surface area (Å²) in [5.74, 6) is 1.06. The highest BCUT2D eigenvalue weighted by molar-refractivity contribution is 7.71. The molecule has 3 nitrogen and oxygen atoms in total. The summed E-state index contributed by atoms with van der Waals surface area (Å²) in [6.45, 7) is 0. The van der Waals surface area contributed by atoms with Crippen LogP contribution in [0.2, 0.25) is 0 Å². The number of fused-ring (bicyclic) bond motifs is 1. The monoisotopic (exact) mass is 277 g/mol. The third-order valence-corrected chi connectivity index (χ3v) is 5.35. The zero-order valence-electron chi connectivity index (χ0n) is 10.1. The molecule has 2 aliphatic rings. The molecule has 2 aliphatic carbocycles. The second-order valence-electron chi connectivity index (χ2n) is 5.22. The average Bonchev–Trinajstić information content (AvgIpc) is 3.00. The summed E-state index contributed by atoms with van der Waals surface area (Å²) in [5, 5.41) is 7.41. The number of aryl methyl sites for hydroxylation is 2. The van der Waals surface area contributed by atoms with Gasteiger partial charge in [-0.3, -0.25) is 9.67 Å². The van der Waals surface area contributed by atoms with E-state index in [9.17, 15) is 0 Å². The van der Waals surface area contributed by atoms with Gasteiger partial charge in [0.1, 0.15) is 0 Å². The minimum absolute atomic E-state index is 0.588. The van der Waals surface area contributed by atoms with Gasteiger partial charge in [-0.05, 0) is 62.4 Å². The molecule has 0 spiro atoms. The first-order valence-electron chi connectivity index (χ1n) is 6.62. The van der Waals surface area contributed by atoms with E-state index in [0.717, 1.165) is 10.6 Å². The van der Waals surface area contributed by atoms with Crippen LogP contribution < -0.4 is 0 Å². The number of aromatic nitrogens is 3. The number of aromatic amines is 1. The molecule has 0 atom stereocenters. The Kier molecular flexibility index (Phi) is 2.45. The number of hydrogen-bond donors (Lipinski definition) is 1. The second-order valence-corrected chi connectivity index (χ2v) is 6.74. The molecule has 0 unspecified atom stereocenters. The molecular weight excluding hydrogens is 262 g/mol. The fraction of sp³-hybridized carbons (Fsp3) is 0.538. The standard InChI is InChI=1S/C13H15N3S2/c17-13-15-14-12(16(13)9-5-6-9)11-7-8-3-1-2-4-10(8)18-11/h7,9H,1-6H2,(H,15,17). The fourth-order valence-corrected chi connectivity index (χ4v) is 4.27. The summed E-state index contributed by atoms with van der Waals surface area (Å²) in [5.41, 5.74) is 1.54. The predicted molar refractivity (Wildman–Crippen MR) is 75.6 cm³/mol. The fourth-order valence-electron chi connectivity index (χ4n) is 2.75. The zero-order chi connectivity index (χ0) is 12.1. The second kappa shape index (κ2) is 4.03. The van der Waals surface area contributed by atoms with Gasteiger partial charge < -0.3 is 0 Å². The number of thiophene rings is 1. The Morgan fingerprint density at radius 2 is 2.17 bits per heavy atom.